The Bertz CT molecular complexity index is 1870. The van der Waals surface area contributed by atoms with E-state index in [2.05, 4.69) is 62.9 Å². The number of methoxy groups -OCH3 is 1. The zero-order valence-electron chi connectivity index (χ0n) is 32.7. The van der Waals surface area contributed by atoms with E-state index >= 15 is 0 Å². The number of aryl methyl sites for hydroxylation is 1. The van der Waals surface area contributed by atoms with E-state index in [9.17, 15) is 4.79 Å². The standard InChI is InChI=1S/C44H53BClNO8/c1-41(2)42(3,4)53-45(52-41)36-15-11-30(12-16-36)28-51-40-33(13-10-29-18-21-47(22-19-29)20-8-6-7-9-38(48)49)14-17-37(39(40)46)44(50-5)43(54-55-44)34-24-31-23-32(26-34)27-35(43)25-31/h10-19,21-22,31-32,34-35H,6-9,20,23-28H2,1-5H3/p+1/b13-10+. The van der Waals surface area contributed by atoms with E-state index in [1.54, 1.807) is 7.11 Å². The quantitative estimate of drug-likeness (QED) is 0.0758. The van der Waals surface area contributed by atoms with Crippen molar-refractivity contribution in [2.45, 2.75) is 121 Å². The predicted octanol–water partition coefficient (Wildman–Crippen LogP) is 8.28. The second-order valence-electron chi connectivity index (χ2n) is 17.5. The van der Waals surface area contributed by atoms with Gasteiger partial charge in [0, 0.05) is 43.2 Å². The number of halogens is 1. The number of aromatic nitrogens is 1. The van der Waals surface area contributed by atoms with Crippen LogP contribution in [-0.4, -0.2) is 42.1 Å². The van der Waals surface area contributed by atoms with Crippen LogP contribution < -0.4 is 14.8 Å². The van der Waals surface area contributed by atoms with Crippen LogP contribution in [0.4, 0.5) is 0 Å². The second kappa shape index (κ2) is 14.9. The Kier molecular flexibility index (Phi) is 10.5. The monoisotopic (exact) mass is 770 g/mol. The first-order chi connectivity index (χ1) is 26.3. The van der Waals surface area contributed by atoms with Gasteiger partial charge in [0.15, 0.2) is 18.0 Å². The summed E-state index contributed by atoms with van der Waals surface area (Å²) in [4.78, 5) is 23.2. The molecule has 292 valence electrons. The van der Waals surface area contributed by atoms with E-state index in [1.165, 1.54) is 6.42 Å². The molecule has 4 aliphatic carbocycles. The Morgan fingerprint density at radius 3 is 2.11 bits per heavy atom. The molecule has 9 rings (SSSR count). The van der Waals surface area contributed by atoms with Gasteiger partial charge in [-0.05, 0) is 113 Å². The molecule has 1 aromatic heterocycles. The molecule has 9 nitrogen and oxygen atoms in total. The van der Waals surface area contributed by atoms with Crippen molar-refractivity contribution < 1.29 is 43.0 Å². The van der Waals surface area contributed by atoms with Crippen molar-refractivity contribution >= 4 is 42.3 Å². The fourth-order valence-corrected chi connectivity index (χ4v) is 10.4. The third-order valence-corrected chi connectivity index (χ3v) is 13.9. The summed E-state index contributed by atoms with van der Waals surface area (Å²) in [6.07, 6.45) is 16.8. The molecule has 0 radical (unpaired) electrons. The van der Waals surface area contributed by atoms with Gasteiger partial charge < -0.3 is 23.9 Å². The van der Waals surface area contributed by atoms with Crippen molar-refractivity contribution in [3.63, 3.8) is 0 Å². The zero-order valence-corrected chi connectivity index (χ0v) is 33.5. The molecule has 4 saturated carbocycles. The average Bonchev–Trinajstić information content (AvgIpc) is 3.36. The number of carboxylic acid groups (broad SMARTS) is 1. The number of rotatable bonds is 14. The molecule has 1 atom stereocenters. The van der Waals surface area contributed by atoms with Crippen LogP contribution in [0.1, 0.15) is 108 Å². The highest BCUT2D eigenvalue weighted by molar-refractivity contribution is 6.62. The van der Waals surface area contributed by atoms with Crippen molar-refractivity contribution in [2.75, 3.05) is 7.11 Å². The molecule has 1 unspecified atom stereocenters. The van der Waals surface area contributed by atoms with Crippen molar-refractivity contribution in [1.29, 1.82) is 0 Å². The Morgan fingerprint density at radius 1 is 0.873 bits per heavy atom. The molecule has 6 aliphatic rings. The summed E-state index contributed by atoms with van der Waals surface area (Å²) < 4.78 is 27.8. The SMILES string of the molecule is COC1(c2ccc(/C=C/c3cc[n+](CCCCCC(=O)O)cc3)c(OCc3ccc(B4OC(C)(C)C(C)(C)O4)cc3)c2Cl)OOC12C1CC3CC(C1)CC2C3. The Hall–Kier alpha value is -3.25. The highest BCUT2D eigenvalue weighted by Gasteiger charge is 2.77. The molecule has 3 aromatic rings. The summed E-state index contributed by atoms with van der Waals surface area (Å²) in [6, 6.07) is 16.4. The molecular formula is C44H54BClNO8+. The van der Waals surface area contributed by atoms with Gasteiger partial charge in [0.2, 0.25) is 0 Å². The lowest BCUT2D eigenvalue weighted by molar-refractivity contribution is -0.697. The molecule has 4 bridgehead atoms. The lowest BCUT2D eigenvalue weighted by atomic mass is 9.47. The van der Waals surface area contributed by atoms with Crippen LogP contribution in [0.2, 0.25) is 5.02 Å². The van der Waals surface area contributed by atoms with E-state index in [0.29, 0.717) is 35.6 Å². The first kappa shape index (κ1) is 38.6. The van der Waals surface area contributed by atoms with Gasteiger partial charge in [0.25, 0.3) is 5.79 Å². The van der Waals surface area contributed by atoms with Crippen LogP contribution in [-0.2, 0) is 47.6 Å². The number of unbranched alkanes of at least 4 members (excludes halogenated alkanes) is 2. The van der Waals surface area contributed by atoms with Gasteiger partial charge >= 0.3 is 13.1 Å². The van der Waals surface area contributed by atoms with Crippen LogP contribution in [0, 0.1) is 23.7 Å². The maximum Gasteiger partial charge on any atom is 0.494 e. The number of pyridine rings is 1. The molecule has 2 saturated heterocycles. The molecule has 11 heteroatoms. The van der Waals surface area contributed by atoms with Crippen molar-refractivity contribution in [1.82, 2.24) is 0 Å². The summed E-state index contributed by atoms with van der Waals surface area (Å²) in [5.74, 6) is 0.900. The third-order valence-electron chi connectivity index (χ3n) is 13.5. The van der Waals surface area contributed by atoms with E-state index < -0.39 is 35.7 Å². The molecule has 6 fully saturated rings. The summed E-state index contributed by atoms with van der Waals surface area (Å²) >= 11 is 7.46. The van der Waals surface area contributed by atoms with Gasteiger partial charge in [-0.25, -0.2) is 9.45 Å². The number of hydrogen-bond donors (Lipinski definition) is 1. The molecular weight excluding hydrogens is 717 g/mol. The summed E-state index contributed by atoms with van der Waals surface area (Å²) in [5.41, 5.74) is 3.13. The number of benzene rings is 2. The largest absolute Gasteiger partial charge is 0.494 e. The highest BCUT2D eigenvalue weighted by atomic mass is 35.5. The van der Waals surface area contributed by atoms with E-state index in [1.807, 2.05) is 42.5 Å². The highest BCUT2D eigenvalue weighted by Crippen LogP contribution is 2.70. The van der Waals surface area contributed by atoms with E-state index in [0.717, 1.165) is 84.6 Å². The van der Waals surface area contributed by atoms with Crippen LogP contribution in [0.5, 0.6) is 5.75 Å². The molecule has 1 spiro atoms. The lowest BCUT2D eigenvalue weighted by Gasteiger charge is -2.68. The van der Waals surface area contributed by atoms with Crippen LogP contribution in [0.3, 0.4) is 0 Å². The molecule has 3 heterocycles. The number of aliphatic carboxylic acids is 1. The molecule has 2 aliphatic heterocycles. The Labute approximate surface area is 330 Å². The van der Waals surface area contributed by atoms with Gasteiger partial charge in [-0.1, -0.05) is 60.2 Å². The molecule has 0 amide bonds. The third kappa shape index (κ3) is 6.95. The number of ether oxygens (including phenoxy) is 2. The summed E-state index contributed by atoms with van der Waals surface area (Å²) in [5, 5.41) is 9.36. The molecule has 55 heavy (non-hydrogen) atoms. The summed E-state index contributed by atoms with van der Waals surface area (Å²) in [6.45, 7) is 9.37. The lowest BCUT2D eigenvalue weighted by Crippen LogP contribution is -2.76. The molecule has 2 aromatic carbocycles. The maximum absolute atomic E-state index is 10.8. The maximum atomic E-state index is 10.8. The minimum atomic E-state index is -1.13. The van der Waals surface area contributed by atoms with Crippen LogP contribution >= 0.6 is 11.6 Å². The minimum absolute atomic E-state index is 0.218. The number of hydrogen-bond acceptors (Lipinski definition) is 7. The molecule has 1 N–H and O–H groups in total. The topological polar surface area (TPSA) is 96.6 Å². The summed E-state index contributed by atoms with van der Waals surface area (Å²) in [7, 11) is 1.27. The van der Waals surface area contributed by atoms with Crippen LogP contribution in [0.15, 0.2) is 60.9 Å². The van der Waals surface area contributed by atoms with Crippen LogP contribution in [0.25, 0.3) is 12.2 Å². The second-order valence-corrected chi connectivity index (χ2v) is 17.8. The normalized spacial score (nSPS) is 30.0. The van der Waals surface area contributed by atoms with Crippen molar-refractivity contribution in [2.24, 2.45) is 23.7 Å². The Morgan fingerprint density at radius 2 is 1.53 bits per heavy atom. The zero-order chi connectivity index (χ0) is 38.6. The first-order valence-electron chi connectivity index (χ1n) is 20.1. The minimum Gasteiger partial charge on any atom is -0.487 e. The van der Waals surface area contributed by atoms with Gasteiger partial charge in [-0.2, -0.15) is 4.89 Å². The smallest absolute Gasteiger partial charge is 0.487 e. The van der Waals surface area contributed by atoms with Gasteiger partial charge in [-0.15, -0.1) is 0 Å². The van der Waals surface area contributed by atoms with Crippen molar-refractivity contribution in [3.8, 4) is 5.75 Å². The Balaban J connectivity index is 1.05. The van der Waals surface area contributed by atoms with Crippen molar-refractivity contribution in [3.05, 3.63) is 88.2 Å². The number of nitrogens with zero attached hydrogens (tertiary/aromatic N) is 1. The average molecular weight is 771 g/mol. The fourth-order valence-electron chi connectivity index (χ4n) is 10.0. The van der Waals surface area contributed by atoms with Gasteiger partial charge in [0.1, 0.15) is 18.9 Å². The number of carboxylic acids is 1. The fraction of sp³-hybridized carbons (Fsp3) is 0.545. The van der Waals surface area contributed by atoms with E-state index in [-0.39, 0.29) is 6.42 Å². The van der Waals surface area contributed by atoms with Gasteiger partial charge in [-0.3, -0.25) is 4.79 Å². The van der Waals surface area contributed by atoms with E-state index in [4.69, 9.17) is 45.3 Å². The first-order valence-corrected chi connectivity index (χ1v) is 20.4. The predicted molar refractivity (Wildman–Crippen MR) is 210 cm³/mol. The number of carbonyl (C=O) groups is 1. The van der Waals surface area contributed by atoms with Gasteiger partial charge in [0.05, 0.1) is 16.2 Å².